The predicted octanol–water partition coefficient (Wildman–Crippen LogP) is 0.140. The minimum Gasteiger partial charge on any atom is -0.475 e. The third kappa shape index (κ3) is 4.53. The van der Waals surface area contributed by atoms with Crippen molar-refractivity contribution in [1.29, 1.82) is 0 Å². The lowest BCUT2D eigenvalue weighted by Gasteiger charge is -2.10. The van der Waals surface area contributed by atoms with Crippen LogP contribution in [-0.4, -0.2) is 29.7 Å². The van der Waals surface area contributed by atoms with E-state index in [1.165, 1.54) is 0 Å². The van der Waals surface area contributed by atoms with Gasteiger partial charge in [-0.25, -0.2) is 4.79 Å². The molecule has 12 heavy (non-hydrogen) atoms. The summed E-state index contributed by atoms with van der Waals surface area (Å²) in [7, 11) is 0. The van der Waals surface area contributed by atoms with Crippen molar-refractivity contribution in [2.75, 3.05) is 6.54 Å². The highest BCUT2D eigenvalue weighted by Crippen LogP contribution is 2.13. The van der Waals surface area contributed by atoms with Gasteiger partial charge in [-0.2, -0.15) is 13.2 Å². The van der Waals surface area contributed by atoms with Gasteiger partial charge in [0.05, 0.1) is 0 Å². The van der Waals surface area contributed by atoms with E-state index in [2.05, 4.69) is 5.32 Å². The quantitative estimate of drug-likeness (QED) is 0.527. The molecule has 0 unspecified atom stereocenters. The van der Waals surface area contributed by atoms with Crippen molar-refractivity contribution >= 4 is 11.9 Å². The molecule has 70 valence electrons. The van der Waals surface area contributed by atoms with Gasteiger partial charge in [-0.3, -0.25) is 4.79 Å². The zero-order valence-electron chi connectivity index (χ0n) is 5.81. The summed E-state index contributed by atoms with van der Waals surface area (Å²) in [5.74, 6) is -2.57. The second-order valence-corrected chi connectivity index (χ2v) is 1.90. The molecule has 0 atom stereocenters. The maximum absolute atomic E-state index is 10.6. The zero-order valence-corrected chi connectivity index (χ0v) is 5.81. The van der Waals surface area contributed by atoms with Crippen molar-refractivity contribution in [3.63, 3.8) is 0 Å². The van der Waals surface area contributed by atoms with Crippen LogP contribution < -0.4 is 5.32 Å². The van der Waals surface area contributed by atoms with E-state index in [1.54, 1.807) is 0 Å². The molecule has 1 heterocycles. The van der Waals surface area contributed by atoms with Gasteiger partial charge in [0.25, 0.3) is 0 Å². The highest BCUT2D eigenvalue weighted by molar-refractivity contribution is 5.81. The molecular weight excluding hydrogens is 179 g/mol. The first-order valence-electron chi connectivity index (χ1n) is 2.91. The molecule has 1 aliphatic rings. The van der Waals surface area contributed by atoms with E-state index in [4.69, 9.17) is 9.90 Å². The summed E-state index contributed by atoms with van der Waals surface area (Å²) in [5, 5.41) is 9.69. The van der Waals surface area contributed by atoms with E-state index in [9.17, 15) is 18.0 Å². The van der Waals surface area contributed by atoms with Crippen molar-refractivity contribution in [3.8, 4) is 0 Å². The Kier molecular flexibility index (Phi) is 3.52. The second kappa shape index (κ2) is 3.93. The number of amides is 1. The summed E-state index contributed by atoms with van der Waals surface area (Å²) >= 11 is 0. The molecule has 0 aromatic heterocycles. The number of carbonyl (C=O) groups excluding carboxylic acids is 1. The molecule has 0 saturated carbocycles. The van der Waals surface area contributed by atoms with Crippen LogP contribution in [0.4, 0.5) is 13.2 Å². The Hall–Kier alpha value is -1.27. The molecule has 2 N–H and O–H groups in total. The number of β-lactam (4-membered cyclic amide) rings is 1. The fourth-order valence-electron chi connectivity index (χ4n) is 0.227. The van der Waals surface area contributed by atoms with E-state index in [0.717, 1.165) is 13.0 Å². The van der Waals surface area contributed by atoms with Gasteiger partial charge in [-0.15, -0.1) is 0 Å². The Labute approximate surface area is 65.4 Å². The largest absolute Gasteiger partial charge is 0.490 e. The number of carboxylic acid groups (broad SMARTS) is 1. The highest BCUT2D eigenvalue weighted by atomic mass is 19.4. The van der Waals surface area contributed by atoms with E-state index in [-0.39, 0.29) is 5.91 Å². The predicted molar refractivity (Wildman–Crippen MR) is 31.3 cm³/mol. The minimum atomic E-state index is -5.08. The molecular formula is C5H6F3NO3. The molecule has 7 heteroatoms. The van der Waals surface area contributed by atoms with Crippen molar-refractivity contribution in [3.05, 3.63) is 0 Å². The van der Waals surface area contributed by atoms with Gasteiger partial charge in [-0.05, 0) is 0 Å². The van der Waals surface area contributed by atoms with Crippen molar-refractivity contribution in [2.24, 2.45) is 0 Å². The average molecular weight is 185 g/mol. The number of halogens is 3. The van der Waals surface area contributed by atoms with Crippen LogP contribution in [-0.2, 0) is 9.59 Å². The van der Waals surface area contributed by atoms with Crippen LogP contribution in [0.3, 0.4) is 0 Å². The summed E-state index contributed by atoms with van der Waals surface area (Å²) in [6.45, 7) is 0.888. The third-order valence-corrected chi connectivity index (χ3v) is 0.917. The Morgan fingerprint density at radius 3 is 1.75 bits per heavy atom. The van der Waals surface area contributed by atoms with E-state index >= 15 is 0 Å². The maximum atomic E-state index is 10.6. The molecule has 0 radical (unpaired) electrons. The van der Waals surface area contributed by atoms with Gasteiger partial charge < -0.3 is 10.4 Å². The van der Waals surface area contributed by atoms with E-state index < -0.39 is 12.1 Å². The van der Waals surface area contributed by atoms with Crippen LogP contribution in [0, 0.1) is 0 Å². The number of nitrogens with one attached hydrogen (secondary N) is 1. The summed E-state index contributed by atoms with van der Waals surface area (Å²) in [5.41, 5.74) is 0. The molecule has 1 aliphatic heterocycles. The van der Waals surface area contributed by atoms with Crippen LogP contribution in [0.1, 0.15) is 6.42 Å². The summed E-state index contributed by atoms with van der Waals surface area (Å²) in [6, 6.07) is 0. The van der Waals surface area contributed by atoms with Crippen molar-refractivity contribution in [1.82, 2.24) is 5.32 Å². The Morgan fingerprint density at radius 2 is 1.75 bits per heavy atom. The van der Waals surface area contributed by atoms with Crippen molar-refractivity contribution < 1.29 is 27.9 Å². The van der Waals surface area contributed by atoms with Gasteiger partial charge >= 0.3 is 12.1 Å². The standard InChI is InChI=1S/C3H5NO.C2HF3O2/c5-3-1-2-4-3;3-2(4,5)1(6)7/h1-2H2,(H,4,5);(H,6,7). The van der Waals surface area contributed by atoms with Crippen LogP contribution in [0.15, 0.2) is 0 Å². The molecule has 0 bridgehead atoms. The molecule has 0 aromatic carbocycles. The molecule has 1 saturated heterocycles. The smallest absolute Gasteiger partial charge is 0.475 e. The van der Waals surface area contributed by atoms with Gasteiger partial charge in [0.1, 0.15) is 0 Å². The lowest BCUT2D eigenvalue weighted by molar-refractivity contribution is -0.192. The highest BCUT2D eigenvalue weighted by Gasteiger charge is 2.38. The Balaban J connectivity index is 0.000000211. The number of alkyl halides is 3. The van der Waals surface area contributed by atoms with Gasteiger partial charge in [-0.1, -0.05) is 0 Å². The molecule has 1 rings (SSSR count). The zero-order chi connectivity index (χ0) is 9.78. The average Bonchev–Trinajstić information content (AvgIpc) is 1.83. The third-order valence-electron chi connectivity index (χ3n) is 0.917. The monoisotopic (exact) mass is 185 g/mol. The lowest BCUT2D eigenvalue weighted by Crippen LogP contribution is -2.37. The first-order valence-corrected chi connectivity index (χ1v) is 2.91. The lowest BCUT2D eigenvalue weighted by atomic mass is 10.3. The molecule has 0 aliphatic carbocycles. The Morgan fingerprint density at radius 1 is 1.50 bits per heavy atom. The van der Waals surface area contributed by atoms with Gasteiger partial charge in [0, 0.05) is 13.0 Å². The van der Waals surface area contributed by atoms with Crippen LogP contribution in [0.2, 0.25) is 0 Å². The maximum Gasteiger partial charge on any atom is 0.490 e. The number of rotatable bonds is 0. The van der Waals surface area contributed by atoms with Crippen LogP contribution >= 0.6 is 0 Å². The van der Waals surface area contributed by atoms with E-state index in [1.807, 2.05) is 0 Å². The molecule has 4 nitrogen and oxygen atoms in total. The fourth-order valence-corrected chi connectivity index (χ4v) is 0.227. The fraction of sp³-hybridized carbons (Fsp3) is 0.600. The Bertz CT molecular complexity index is 183. The molecule has 1 amide bonds. The first kappa shape index (κ1) is 10.7. The summed E-state index contributed by atoms with van der Waals surface area (Å²) in [4.78, 5) is 18.7. The number of hydrogen-bond acceptors (Lipinski definition) is 2. The summed E-state index contributed by atoms with van der Waals surface area (Å²) < 4.78 is 31.7. The second-order valence-electron chi connectivity index (χ2n) is 1.90. The van der Waals surface area contributed by atoms with Crippen LogP contribution in [0.5, 0.6) is 0 Å². The normalized spacial score (nSPS) is 15.1. The first-order chi connectivity index (χ1) is 5.34. The van der Waals surface area contributed by atoms with E-state index in [0.29, 0.717) is 0 Å². The SMILES string of the molecule is O=C(O)C(F)(F)F.O=C1CCN1. The van der Waals surface area contributed by atoms with Gasteiger partial charge in [0.15, 0.2) is 0 Å². The topological polar surface area (TPSA) is 66.4 Å². The number of aliphatic carboxylic acids is 1. The van der Waals surface area contributed by atoms with Crippen molar-refractivity contribution in [2.45, 2.75) is 12.6 Å². The van der Waals surface area contributed by atoms with Gasteiger partial charge in [0.2, 0.25) is 5.91 Å². The molecule has 1 fully saturated rings. The number of carboxylic acids is 1. The molecule has 0 aromatic rings. The van der Waals surface area contributed by atoms with Crippen LogP contribution in [0.25, 0.3) is 0 Å². The minimum absolute atomic E-state index is 0.185. The number of carbonyl (C=O) groups is 2. The molecule has 0 spiro atoms. The number of hydrogen-bond donors (Lipinski definition) is 2. The summed E-state index contributed by atoms with van der Waals surface area (Å²) in [6.07, 6.45) is -4.35.